The fraction of sp³-hybridized carbons (Fsp3) is 0.333. The minimum Gasteiger partial charge on any atom is -0.508 e. The lowest BCUT2D eigenvalue weighted by atomic mass is 9.99. The van der Waals surface area contributed by atoms with Gasteiger partial charge in [-0.3, -0.25) is 4.79 Å². The highest BCUT2D eigenvalue weighted by Crippen LogP contribution is 2.38. The van der Waals surface area contributed by atoms with Gasteiger partial charge >= 0.3 is 5.97 Å². The Labute approximate surface area is 304 Å². The van der Waals surface area contributed by atoms with Gasteiger partial charge in [-0.2, -0.15) is 0 Å². The highest BCUT2D eigenvalue weighted by molar-refractivity contribution is 5.88. The predicted octanol–water partition coefficient (Wildman–Crippen LogP) is -0.802. The molecule has 0 amide bonds. The first-order valence-electron chi connectivity index (χ1n) is 16.4. The van der Waals surface area contributed by atoms with Crippen LogP contribution in [-0.4, -0.2) is 132 Å². The van der Waals surface area contributed by atoms with Crippen LogP contribution in [0, 0.1) is 0 Å². The van der Waals surface area contributed by atoms with Crippen LogP contribution < -0.4 is 14.9 Å². The van der Waals surface area contributed by atoms with E-state index in [-0.39, 0.29) is 34.2 Å². The molecule has 288 valence electrons. The van der Waals surface area contributed by atoms with Crippen LogP contribution in [0.5, 0.6) is 28.7 Å². The molecule has 0 aliphatic carbocycles. The molecule has 54 heavy (non-hydrogen) atoms. The van der Waals surface area contributed by atoms with E-state index in [0.717, 1.165) is 18.2 Å². The van der Waals surface area contributed by atoms with Crippen LogP contribution in [0.4, 0.5) is 0 Å². The molecule has 2 aliphatic rings. The van der Waals surface area contributed by atoms with E-state index in [2.05, 4.69) is 0 Å². The molecule has 10 atom stereocenters. The second-order valence-electron chi connectivity index (χ2n) is 12.5. The van der Waals surface area contributed by atoms with E-state index in [1.165, 1.54) is 42.5 Å². The zero-order valence-corrected chi connectivity index (χ0v) is 27.9. The number of aliphatic hydroxyl groups excluding tert-OH is 7. The van der Waals surface area contributed by atoms with Gasteiger partial charge in [-0.15, -0.1) is 0 Å². The zero-order chi connectivity index (χ0) is 38.8. The number of aromatic hydroxyl groups is 3. The van der Waals surface area contributed by atoms with Crippen molar-refractivity contribution in [3.05, 3.63) is 82.5 Å². The van der Waals surface area contributed by atoms with Crippen molar-refractivity contribution in [1.29, 1.82) is 0 Å². The SMILES string of the molecule is O=C(C=Cc1ccc(O)cc1)OCC1OC(Oc2c(-c3ccc(O)cc3)oc3cc(OC4OC(CO)C(O)C(O)C4O)cc(O)c3c2=O)C(O)C(O)C1O. The normalized spacial score (nSPS) is 28.6. The number of hydrogen-bond acceptors (Lipinski definition) is 18. The van der Waals surface area contributed by atoms with Gasteiger partial charge in [-0.1, -0.05) is 12.1 Å². The van der Waals surface area contributed by atoms with Crippen LogP contribution in [-0.2, 0) is 19.0 Å². The number of carbonyl (C=O) groups excluding carboxylic acids is 1. The van der Waals surface area contributed by atoms with Crippen LogP contribution in [0.3, 0.4) is 0 Å². The predicted molar refractivity (Wildman–Crippen MR) is 181 cm³/mol. The third-order valence-corrected chi connectivity index (χ3v) is 8.73. The highest BCUT2D eigenvalue weighted by atomic mass is 16.7. The summed E-state index contributed by atoms with van der Waals surface area (Å²) in [5, 5.41) is 102. The molecule has 2 fully saturated rings. The largest absolute Gasteiger partial charge is 0.508 e. The van der Waals surface area contributed by atoms with Gasteiger partial charge in [0.1, 0.15) is 89.4 Å². The number of esters is 1. The van der Waals surface area contributed by atoms with Crippen LogP contribution in [0.2, 0.25) is 0 Å². The number of ether oxygens (including phenoxy) is 5. The average molecular weight is 757 g/mol. The molecule has 0 spiro atoms. The molecule has 2 aliphatic heterocycles. The van der Waals surface area contributed by atoms with Crippen molar-refractivity contribution < 1.29 is 84.0 Å². The monoisotopic (exact) mass is 756 g/mol. The summed E-state index contributed by atoms with van der Waals surface area (Å²) >= 11 is 0. The van der Waals surface area contributed by atoms with Crippen molar-refractivity contribution in [3.63, 3.8) is 0 Å². The number of benzene rings is 3. The van der Waals surface area contributed by atoms with E-state index >= 15 is 0 Å². The standard InChI is InChI=1S/C36H36O18/c37-13-22-26(42)29(45)31(47)35(52-22)50-19-11-20(40)25-21(12-19)51-33(16-4-8-18(39)9-5-16)34(28(25)44)54-36-32(48)30(46)27(43)23(53-36)14-49-24(41)10-3-15-1-6-17(38)7-2-15/h1-12,22-23,26-27,29-32,35-40,42-43,45-48H,13-14H2. The van der Waals surface area contributed by atoms with E-state index in [1.54, 1.807) is 12.1 Å². The molecule has 10 unspecified atom stereocenters. The van der Waals surface area contributed by atoms with Crippen LogP contribution >= 0.6 is 0 Å². The van der Waals surface area contributed by atoms with Crippen molar-refractivity contribution in [3.8, 4) is 40.1 Å². The Kier molecular flexibility index (Phi) is 11.4. The van der Waals surface area contributed by atoms with E-state index in [4.69, 9.17) is 28.1 Å². The number of hydrogen-bond donors (Lipinski definition) is 10. The van der Waals surface area contributed by atoms with Gasteiger partial charge in [0.05, 0.1) is 6.61 Å². The maximum absolute atomic E-state index is 14.0. The minimum atomic E-state index is -1.98. The topological polar surface area (TPSA) is 296 Å². The molecule has 2 saturated heterocycles. The number of rotatable bonds is 10. The van der Waals surface area contributed by atoms with Crippen LogP contribution in [0.1, 0.15) is 5.56 Å². The van der Waals surface area contributed by atoms with Gasteiger partial charge in [-0.05, 0) is 48.0 Å². The summed E-state index contributed by atoms with van der Waals surface area (Å²) in [6.07, 6.45) is -14.8. The first-order chi connectivity index (χ1) is 25.7. The molecule has 3 aromatic carbocycles. The maximum atomic E-state index is 14.0. The Morgan fingerprint density at radius 1 is 0.722 bits per heavy atom. The molecular weight excluding hydrogens is 720 g/mol. The molecule has 6 rings (SSSR count). The zero-order valence-electron chi connectivity index (χ0n) is 27.9. The van der Waals surface area contributed by atoms with Crippen molar-refractivity contribution in [1.82, 2.24) is 0 Å². The maximum Gasteiger partial charge on any atom is 0.330 e. The molecule has 10 N–H and O–H groups in total. The lowest BCUT2D eigenvalue weighted by Gasteiger charge is -2.39. The number of fused-ring (bicyclic) bond motifs is 1. The quantitative estimate of drug-likeness (QED) is 0.0700. The first kappa shape index (κ1) is 38.4. The average Bonchev–Trinajstić information content (AvgIpc) is 3.15. The summed E-state index contributed by atoms with van der Waals surface area (Å²) in [7, 11) is 0. The highest BCUT2D eigenvalue weighted by Gasteiger charge is 2.47. The van der Waals surface area contributed by atoms with E-state index in [9.17, 15) is 60.7 Å². The Hall–Kier alpha value is -5.28. The molecule has 4 aromatic rings. The fourth-order valence-electron chi connectivity index (χ4n) is 5.76. The van der Waals surface area contributed by atoms with Crippen LogP contribution in [0.25, 0.3) is 28.4 Å². The van der Waals surface area contributed by atoms with E-state index < -0.39 is 103 Å². The molecule has 18 nitrogen and oxygen atoms in total. The summed E-state index contributed by atoms with van der Waals surface area (Å²) in [4.78, 5) is 26.4. The third kappa shape index (κ3) is 7.97. The minimum absolute atomic E-state index is 0.0259. The smallest absolute Gasteiger partial charge is 0.330 e. The summed E-state index contributed by atoms with van der Waals surface area (Å²) in [6.45, 7) is -1.37. The number of phenolic OH excluding ortho intramolecular Hbond substituents is 3. The van der Waals surface area contributed by atoms with E-state index in [1.807, 2.05) is 0 Å². The number of phenols is 3. The lowest BCUT2D eigenvalue weighted by Crippen LogP contribution is -2.60. The molecule has 0 radical (unpaired) electrons. The van der Waals surface area contributed by atoms with Gasteiger partial charge in [0.15, 0.2) is 5.76 Å². The van der Waals surface area contributed by atoms with Gasteiger partial charge in [0.2, 0.25) is 23.8 Å². The summed E-state index contributed by atoms with van der Waals surface area (Å²) in [5.41, 5.74) is -0.665. The van der Waals surface area contributed by atoms with Crippen molar-refractivity contribution >= 4 is 23.0 Å². The van der Waals surface area contributed by atoms with Gasteiger partial charge < -0.3 is 79.2 Å². The molecular formula is C36H36O18. The summed E-state index contributed by atoms with van der Waals surface area (Å²) < 4.78 is 33.6. The second-order valence-corrected chi connectivity index (χ2v) is 12.5. The Bertz CT molecular complexity index is 2030. The molecule has 1 aromatic heterocycles. The molecule has 0 bridgehead atoms. The van der Waals surface area contributed by atoms with Crippen molar-refractivity contribution in [2.75, 3.05) is 13.2 Å². The Balaban J connectivity index is 1.29. The Morgan fingerprint density at radius 2 is 1.30 bits per heavy atom. The van der Waals surface area contributed by atoms with Crippen molar-refractivity contribution in [2.45, 2.75) is 61.4 Å². The number of carbonyl (C=O) groups is 1. The summed E-state index contributed by atoms with van der Waals surface area (Å²) in [5.74, 6) is -2.99. The third-order valence-electron chi connectivity index (χ3n) is 8.73. The molecule has 3 heterocycles. The fourth-order valence-corrected chi connectivity index (χ4v) is 5.76. The van der Waals surface area contributed by atoms with E-state index in [0.29, 0.717) is 5.56 Å². The van der Waals surface area contributed by atoms with Gasteiger partial charge in [-0.25, -0.2) is 4.79 Å². The Morgan fingerprint density at radius 3 is 1.93 bits per heavy atom. The van der Waals surface area contributed by atoms with Gasteiger partial charge in [0, 0.05) is 23.8 Å². The van der Waals surface area contributed by atoms with Gasteiger partial charge in [0.25, 0.3) is 0 Å². The molecule has 18 heteroatoms. The summed E-state index contributed by atoms with van der Waals surface area (Å²) in [6, 6.07) is 13.2. The first-order valence-corrected chi connectivity index (χ1v) is 16.4. The second kappa shape index (κ2) is 16.0. The lowest BCUT2D eigenvalue weighted by molar-refractivity contribution is -0.278. The van der Waals surface area contributed by atoms with Crippen molar-refractivity contribution in [2.24, 2.45) is 0 Å². The number of aliphatic hydroxyl groups is 7. The van der Waals surface area contributed by atoms with Crippen LogP contribution in [0.15, 0.2) is 76.0 Å². The molecule has 0 saturated carbocycles.